The first kappa shape index (κ1) is 29.2. The highest BCUT2D eigenvalue weighted by Crippen LogP contribution is 2.35. The molecule has 0 spiro atoms. The smallest absolute Gasteiger partial charge is 0.338 e. The van der Waals surface area contributed by atoms with E-state index >= 15 is 0 Å². The van der Waals surface area contributed by atoms with Crippen molar-refractivity contribution in [3.8, 4) is 5.75 Å². The Balaban J connectivity index is 1.82. The number of halogens is 3. The van der Waals surface area contributed by atoms with E-state index in [1.54, 1.807) is 31.2 Å². The van der Waals surface area contributed by atoms with Gasteiger partial charge in [0, 0.05) is 15.6 Å². The van der Waals surface area contributed by atoms with Gasteiger partial charge in [-0.1, -0.05) is 82.4 Å². The summed E-state index contributed by atoms with van der Waals surface area (Å²) in [4.78, 5) is 32.8. The first-order valence-electron chi connectivity index (χ1n) is 12.6. The number of esters is 1. The minimum atomic E-state index is -0.887. The molecule has 2 heterocycles. The van der Waals surface area contributed by atoms with Crippen molar-refractivity contribution in [2.75, 3.05) is 13.2 Å². The number of thiazole rings is 1. The van der Waals surface area contributed by atoms with Gasteiger partial charge in [0.1, 0.15) is 18.2 Å². The zero-order valence-electron chi connectivity index (χ0n) is 21.8. The summed E-state index contributed by atoms with van der Waals surface area (Å²) in [5.74, 6) is -0.408. The topological polar surface area (TPSA) is 69.9 Å². The highest BCUT2D eigenvalue weighted by Gasteiger charge is 2.35. The number of ether oxygens (including phenoxy) is 2. The number of carbonyl (C=O) groups excluding carboxylic acids is 1. The van der Waals surface area contributed by atoms with E-state index in [0.29, 0.717) is 44.1 Å². The van der Waals surface area contributed by atoms with Gasteiger partial charge in [0.15, 0.2) is 4.80 Å². The number of benzene rings is 3. The van der Waals surface area contributed by atoms with Gasteiger partial charge in [-0.2, -0.15) is 0 Å². The van der Waals surface area contributed by atoms with Crippen LogP contribution in [0.4, 0.5) is 4.39 Å². The molecule has 0 aliphatic carbocycles. The Bertz CT molecular complexity index is 1850. The minimum absolute atomic E-state index is 0.139. The van der Waals surface area contributed by atoms with Crippen LogP contribution in [-0.2, 0) is 9.53 Å². The average Bonchev–Trinajstić information content (AvgIpc) is 3.27. The van der Waals surface area contributed by atoms with Crippen LogP contribution in [0, 0.1) is 9.39 Å². The quantitative estimate of drug-likeness (QED) is 0.126. The van der Waals surface area contributed by atoms with Crippen LogP contribution in [0.2, 0.25) is 0 Å². The van der Waals surface area contributed by atoms with Crippen molar-refractivity contribution in [1.29, 1.82) is 0 Å². The van der Waals surface area contributed by atoms with Crippen LogP contribution < -0.4 is 19.6 Å². The maximum Gasteiger partial charge on any atom is 0.338 e. The molecule has 208 valence electrons. The molecule has 0 unspecified atom stereocenters. The van der Waals surface area contributed by atoms with Crippen LogP contribution >= 0.6 is 49.9 Å². The van der Waals surface area contributed by atoms with Gasteiger partial charge in [-0.15, -0.1) is 0 Å². The summed E-state index contributed by atoms with van der Waals surface area (Å²) >= 11 is 6.92. The molecule has 0 amide bonds. The Kier molecular flexibility index (Phi) is 9.00. The Labute approximate surface area is 261 Å². The molecule has 10 heteroatoms. The number of aromatic nitrogens is 1. The minimum Gasteiger partial charge on any atom is -0.488 e. The maximum absolute atomic E-state index is 14.1. The Morgan fingerprint density at radius 1 is 1.20 bits per heavy atom. The Hall–Kier alpha value is -3.35. The summed E-state index contributed by atoms with van der Waals surface area (Å²) < 4.78 is 28.9. The predicted molar refractivity (Wildman–Crippen MR) is 170 cm³/mol. The van der Waals surface area contributed by atoms with Crippen molar-refractivity contribution in [3.05, 3.63) is 135 Å². The lowest BCUT2D eigenvalue weighted by Gasteiger charge is -2.25. The summed E-state index contributed by atoms with van der Waals surface area (Å²) in [6.45, 7) is 5.88. The van der Waals surface area contributed by atoms with Gasteiger partial charge in [0.2, 0.25) is 0 Å². The second-order valence-electron chi connectivity index (χ2n) is 8.89. The summed E-state index contributed by atoms with van der Waals surface area (Å²) in [6, 6.07) is 17.9. The molecule has 0 radical (unpaired) electrons. The monoisotopic (exact) mass is 744 g/mol. The fourth-order valence-electron chi connectivity index (χ4n) is 4.52. The number of hydrogen-bond acceptors (Lipinski definition) is 6. The standard InChI is InChI=1S/C31H23BrFIN2O4S/c1-3-14-40-28-20(15-21(32)17-23(28)34)16-24-29(37)36-27(19-10-12-22(33)13-11-19)25(30(38)39-4-2)26(35-31(36)41-24)18-8-6-5-7-9-18/h3,5-13,15-17,27H,1,4,14H2,2H3/b24-16-/t27-/m1/s1. The van der Waals surface area contributed by atoms with Gasteiger partial charge in [-0.3, -0.25) is 9.36 Å². The van der Waals surface area contributed by atoms with Crippen molar-refractivity contribution >= 4 is 67.6 Å². The van der Waals surface area contributed by atoms with Crippen LogP contribution in [0.25, 0.3) is 11.8 Å². The maximum atomic E-state index is 14.1. The van der Waals surface area contributed by atoms with E-state index in [0.717, 1.165) is 8.04 Å². The number of rotatable bonds is 8. The van der Waals surface area contributed by atoms with E-state index in [2.05, 4.69) is 45.1 Å². The summed E-state index contributed by atoms with van der Waals surface area (Å²) in [5.41, 5.74) is 2.21. The summed E-state index contributed by atoms with van der Waals surface area (Å²) in [5, 5.41) is 0. The normalized spacial score (nSPS) is 14.8. The molecule has 41 heavy (non-hydrogen) atoms. The molecule has 0 saturated heterocycles. The van der Waals surface area contributed by atoms with Crippen molar-refractivity contribution in [3.63, 3.8) is 0 Å². The van der Waals surface area contributed by atoms with E-state index in [4.69, 9.17) is 14.5 Å². The van der Waals surface area contributed by atoms with E-state index in [1.807, 2.05) is 42.5 Å². The third-order valence-electron chi connectivity index (χ3n) is 6.23. The molecular weight excluding hydrogens is 722 g/mol. The average molecular weight is 745 g/mol. The Morgan fingerprint density at radius 2 is 1.93 bits per heavy atom. The molecule has 1 aromatic heterocycles. The van der Waals surface area contributed by atoms with Gasteiger partial charge in [-0.05, 0) is 65.4 Å². The highest BCUT2D eigenvalue weighted by atomic mass is 127. The molecule has 1 aliphatic rings. The Morgan fingerprint density at radius 3 is 2.61 bits per heavy atom. The van der Waals surface area contributed by atoms with Crippen molar-refractivity contribution in [2.45, 2.75) is 13.0 Å². The summed E-state index contributed by atoms with van der Waals surface area (Å²) in [6.07, 6.45) is 3.41. The third kappa shape index (κ3) is 6.00. The van der Waals surface area contributed by atoms with Gasteiger partial charge >= 0.3 is 5.97 Å². The van der Waals surface area contributed by atoms with E-state index < -0.39 is 17.8 Å². The lowest BCUT2D eigenvalue weighted by Crippen LogP contribution is -2.40. The van der Waals surface area contributed by atoms with Gasteiger partial charge in [0.25, 0.3) is 5.56 Å². The van der Waals surface area contributed by atoms with Gasteiger partial charge < -0.3 is 9.47 Å². The fourth-order valence-corrected chi connectivity index (χ4v) is 7.22. The SMILES string of the molecule is C=CCOc1c(I)cc(Br)cc1/C=c1\sc2n(c1=O)[C@H](c1ccc(F)cc1)C(C(=O)OCC)=C(c1ccccc1)N=2. The van der Waals surface area contributed by atoms with E-state index in [9.17, 15) is 14.0 Å². The zero-order valence-corrected chi connectivity index (χ0v) is 26.3. The number of fused-ring (bicyclic) bond motifs is 1. The van der Waals surface area contributed by atoms with Crippen LogP contribution in [-0.4, -0.2) is 23.8 Å². The molecule has 1 atom stereocenters. The number of hydrogen-bond donors (Lipinski definition) is 0. The van der Waals surface area contributed by atoms with Crippen LogP contribution in [0.3, 0.4) is 0 Å². The second kappa shape index (κ2) is 12.7. The molecule has 0 fully saturated rings. The molecule has 6 nitrogen and oxygen atoms in total. The molecule has 3 aromatic carbocycles. The van der Waals surface area contributed by atoms with Crippen LogP contribution in [0.1, 0.15) is 29.7 Å². The van der Waals surface area contributed by atoms with E-state index in [1.165, 1.54) is 28.0 Å². The number of carbonyl (C=O) groups is 1. The highest BCUT2D eigenvalue weighted by molar-refractivity contribution is 14.1. The first-order chi connectivity index (χ1) is 19.8. The molecular formula is C31H23BrFIN2O4S. The van der Waals surface area contributed by atoms with Crippen molar-refractivity contribution in [2.24, 2.45) is 4.99 Å². The van der Waals surface area contributed by atoms with Crippen LogP contribution in [0.15, 0.2) is 99.2 Å². The molecule has 0 bridgehead atoms. The van der Waals surface area contributed by atoms with Gasteiger partial charge in [0.05, 0.1) is 32.0 Å². The van der Waals surface area contributed by atoms with Gasteiger partial charge in [-0.25, -0.2) is 14.2 Å². The lowest BCUT2D eigenvalue weighted by molar-refractivity contribution is -0.138. The van der Waals surface area contributed by atoms with Crippen LogP contribution in [0.5, 0.6) is 5.75 Å². The second-order valence-corrected chi connectivity index (χ2v) is 12.0. The first-order valence-corrected chi connectivity index (χ1v) is 15.3. The van der Waals surface area contributed by atoms with Crippen molar-refractivity contribution < 1.29 is 18.7 Å². The third-order valence-corrected chi connectivity index (χ3v) is 8.47. The summed E-state index contributed by atoms with van der Waals surface area (Å²) in [7, 11) is 0. The lowest BCUT2D eigenvalue weighted by atomic mass is 9.93. The molecule has 4 aromatic rings. The largest absolute Gasteiger partial charge is 0.488 e. The fraction of sp³-hybridized carbons (Fsp3) is 0.129. The predicted octanol–water partition coefficient (Wildman–Crippen LogP) is 6.01. The zero-order chi connectivity index (χ0) is 29.1. The molecule has 0 N–H and O–H groups in total. The van der Waals surface area contributed by atoms with Crippen molar-refractivity contribution in [1.82, 2.24) is 4.57 Å². The molecule has 5 rings (SSSR count). The molecule has 0 saturated carbocycles. The number of nitrogens with zero attached hydrogens (tertiary/aromatic N) is 2. The molecule has 1 aliphatic heterocycles. The van der Waals surface area contributed by atoms with E-state index in [-0.39, 0.29) is 17.7 Å².